The van der Waals surface area contributed by atoms with Crippen LogP contribution in [0.3, 0.4) is 0 Å². The number of carbonyl (C=O) groups excluding carboxylic acids is 1. The van der Waals surface area contributed by atoms with E-state index in [1.165, 1.54) is 6.07 Å². The number of rotatable bonds is 3. The average molecular weight is 345 g/mol. The van der Waals surface area contributed by atoms with E-state index in [1.807, 2.05) is 48.4 Å². The van der Waals surface area contributed by atoms with E-state index in [9.17, 15) is 18.0 Å². The Balaban J connectivity index is 2.01. The van der Waals surface area contributed by atoms with E-state index in [0.717, 1.165) is 17.7 Å². The highest BCUT2D eigenvalue weighted by atomic mass is 19.4. The number of carbonyl (C=O) groups is 1. The minimum Gasteiger partial charge on any atom is -0.376 e. The second-order valence-corrected chi connectivity index (χ2v) is 6.04. The molecule has 0 aliphatic carbocycles. The number of halogens is 3. The molecule has 0 N–H and O–H groups in total. The summed E-state index contributed by atoms with van der Waals surface area (Å²) in [4.78, 5) is 14.9. The van der Waals surface area contributed by atoms with Crippen LogP contribution >= 0.6 is 0 Å². The van der Waals surface area contributed by atoms with Crippen molar-refractivity contribution < 1.29 is 18.0 Å². The lowest BCUT2D eigenvalue weighted by Crippen LogP contribution is -2.34. The van der Waals surface area contributed by atoms with Crippen molar-refractivity contribution >= 4 is 11.4 Å². The summed E-state index contributed by atoms with van der Waals surface area (Å²) < 4.78 is 39.0. The first-order valence-electron chi connectivity index (χ1n) is 8.13. The van der Waals surface area contributed by atoms with Crippen LogP contribution < -0.4 is 0 Å². The third kappa shape index (κ3) is 3.60. The summed E-state index contributed by atoms with van der Waals surface area (Å²) in [6, 6.07) is 14.3. The van der Waals surface area contributed by atoms with E-state index in [0.29, 0.717) is 24.2 Å². The van der Waals surface area contributed by atoms with Crippen molar-refractivity contribution in [3.63, 3.8) is 0 Å². The maximum absolute atomic E-state index is 13.0. The van der Waals surface area contributed by atoms with Gasteiger partial charge in [-0.05, 0) is 24.1 Å². The van der Waals surface area contributed by atoms with E-state index in [-0.39, 0.29) is 5.78 Å². The van der Waals surface area contributed by atoms with Crippen LogP contribution in [0.2, 0.25) is 0 Å². The summed E-state index contributed by atoms with van der Waals surface area (Å²) in [6.07, 6.45) is -2.61. The topological polar surface area (TPSA) is 20.3 Å². The molecule has 130 valence electrons. The van der Waals surface area contributed by atoms with Gasteiger partial charge in [-0.15, -0.1) is 0 Å². The molecule has 0 bridgehead atoms. The Morgan fingerprint density at radius 1 is 1.08 bits per heavy atom. The summed E-state index contributed by atoms with van der Waals surface area (Å²) in [6.45, 7) is 3.02. The molecule has 0 amide bonds. The van der Waals surface area contributed by atoms with Crippen molar-refractivity contribution in [2.24, 2.45) is 0 Å². The zero-order valence-corrected chi connectivity index (χ0v) is 13.8. The molecular weight excluding hydrogens is 327 g/mol. The fraction of sp³-hybridized carbons (Fsp3) is 0.250. The van der Waals surface area contributed by atoms with E-state index in [1.54, 1.807) is 6.07 Å². The van der Waals surface area contributed by atoms with Gasteiger partial charge in [-0.25, -0.2) is 0 Å². The number of likely N-dealkylation sites (N-methyl/N-ethyl adjacent to an activating group) is 1. The Morgan fingerprint density at radius 2 is 1.80 bits per heavy atom. The number of ketones is 1. The van der Waals surface area contributed by atoms with E-state index in [4.69, 9.17) is 0 Å². The molecule has 3 rings (SSSR count). The Bertz CT molecular complexity index is 796. The largest absolute Gasteiger partial charge is 0.416 e. The molecule has 1 aliphatic rings. The lowest BCUT2D eigenvalue weighted by atomic mass is 9.84. The maximum Gasteiger partial charge on any atom is 0.416 e. The Labute approximate surface area is 144 Å². The van der Waals surface area contributed by atoms with Crippen LogP contribution in [0.15, 0.2) is 60.8 Å². The molecule has 25 heavy (non-hydrogen) atoms. The van der Waals surface area contributed by atoms with E-state index in [2.05, 4.69) is 0 Å². The summed E-state index contributed by atoms with van der Waals surface area (Å²) in [5.74, 6) is -0.752. The van der Waals surface area contributed by atoms with Crippen LogP contribution in [0.1, 0.15) is 29.5 Å². The van der Waals surface area contributed by atoms with Gasteiger partial charge in [0.1, 0.15) is 0 Å². The maximum atomic E-state index is 13.0. The molecule has 1 aliphatic heterocycles. The molecule has 2 aromatic rings. The van der Waals surface area contributed by atoms with Crippen molar-refractivity contribution in [1.29, 1.82) is 0 Å². The molecule has 0 saturated carbocycles. The third-order valence-corrected chi connectivity index (χ3v) is 4.42. The SMILES string of the molecule is CCN1C=C(c2ccccc2)C(=O)C(c2cccc(C(F)(F)F)c2)C1. The number of alkyl halides is 3. The summed E-state index contributed by atoms with van der Waals surface area (Å²) in [5.41, 5.74) is 0.996. The predicted molar refractivity (Wildman–Crippen MR) is 90.9 cm³/mol. The van der Waals surface area contributed by atoms with Gasteiger partial charge < -0.3 is 4.90 Å². The number of hydrogen-bond donors (Lipinski definition) is 0. The van der Waals surface area contributed by atoms with Crippen LogP contribution in [0, 0.1) is 0 Å². The number of hydrogen-bond acceptors (Lipinski definition) is 2. The van der Waals surface area contributed by atoms with Crippen LogP contribution in [0.4, 0.5) is 13.2 Å². The summed E-state index contributed by atoms with van der Waals surface area (Å²) >= 11 is 0. The second-order valence-electron chi connectivity index (χ2n) is 6.04. The fourth-order valence-electron chi connectivity index (χ4n) is 3.05. The minimum atomic E-state index is -4.42. The molecule has 5 heteroatoms. The normalized spacial score (nSPS) is 18.2. The van der Waals surface area contributed by atoms with Crippen molar-refractivity contribution in [2.45, 2.75) is 19.0 Å². The second kappa shape index (κ2) is 6.75. The first-order valence-corrected chi connectivity index (χ1v) is 8.13. The van der Waals surface area contributed by atoms with Gasteiger partial charge in [0.05, 0.1) is 11.5 Å². The first-order chi connectivity index (χ1) is 11.9. The smallest absolute Gasteiger partial charge is 0.376 e. The fourth-order valence-corrected chi connectivity index (χ4v) is 3.05. The quantitative estimate of drug-likeness (QED) is 0.801. The standard InChI is InChI=1S/C20H18F3NO/c1-2-24-12-17(14-7-4-3-5-8-14)19(25)18(13-24)15-9-6-10-16(11-15)20(21,22)23/h3-12,18H,2,13H2,1H3. The molecule has 0 radical (unpaired) electrons. The number of benzene rings is 2. The van der Waals surface area contributed by atoms with Gasteiger partial charge in [0.2, 0.25) is 0 Å². The Morgan fingerprint density at radius 3 is 2.44 bits per heavy atom. The number of allylic oxidation sites excluding steroid dienone is 1. The minimum absolute atomic E-state index is 0.143. The van der Waals surface area contributed by atoms with Gasteiger partial charge in [-0.3, -0.25) is 4.79 Å². The molecular formula is C20H18F3NO. The third-order valence-electron chi connectivity index (χ3n) is 4.42. The van der Waals surface area contributed by atoms with Crippen molar-refractivity contribution in [3.8, 4) is 0 Å². The highest BCUT2D eigenvalue weighted by molar-refractivity contribution is 6.24. The monoisotopic (exact) mass is 345 g/mol. The highest BCUT2D eigenvalue weighted by Gasteiger charge is 2.34. The van der Waals surface area contributed by atoms with Crippen LogP contribution in [-0.2, 0) is 11.0 Å². The van der Waals surface area contributed by atoms with Crippen molar-refractivity contribution in [2.75, 3.05) is 13.1 Å². The van der Waals surface area contributed by atoms with Gasteiger partial charge in [-0.2, -0.15) is 13.2 Å². The number of Topliss-reactive ketones (excluding diaryl/α,β-unsaturated/α-hetero) is 1. The van der Waals surface area contributed by atoms with Gasteiger partial charge in [0.15, 0.2) is 5.78 Å². The molecule has 1 atom stereocenters. The van der Waals surface area contributed by atoms with Gasteiger partial charge in [-0.1, -0.05) is 48.5 Å². The average Bonchev–Trinajstić information content (AvgIpc) is 2.62. The summed E-state index contributed by atoms with van der Waals surface area (Å²) in [5, 5.41) is 0. The van der Waals surface area contributed by atoms with Crippen LogP contribution in [0.25, 0.3) is 5.57 Å². The van der Waals surface area contributed by atoms with Crippen molar-refractivity contribution in [1.82, 2.24) is 4.90 Å². The predicted octanol–water partition coefficient (Wildman–Crippen LogP) is 4.73. The van der Waals surface area contributed by atoms with Gasteiger partial charge in [0.25, 0.3) is 0 Å². The molecule has 2 nitrogen and oxygen atoms in total. The molecule has 0 spiro atoms. The first kappa shape index (κ1) is 17.3. The molecule has 1 unspecified atom stereocenters. The molecule has 0 fully saturated rings. The lowest BCUT2D eigenvalue weighted by Gasteiger charge is -2.31. The highest BCUT2D eigenvalue weighted by Crippen LogP contribution is 2.35. The lowest BCUT2D eigenvalue weighted by molar-refractivity contribution is -0.137. The van der Waals surface area contributed by atoms with Gasteiger partial charge >= 0.3 is 6.18 Å². The molecule has 2 aromatic carbocycles. The zero-order chi connectivity index (χ0) is 18.0. The van der Waals surface area contributed by atoms with Crippen molar-refractivity contribution in [3.05, 3.63) is 77.5 Å². The molecule has 1 heterocycles. The number of nitrogens with zero attached hydrogens (tertiary/aromatic N) is 1. The zero-order valence-electron chi connectivity index (χ0n) is 13.8. The van der Waals surface area contributed by atoms with E-state index < -0.39 is 17.7 Å². The Hall–Kier alpha value is -2.56. The summed E-state index contributed by atoms with van der Waals surface area (Å²) in [7, 11) is 0. The molecule has 0 aromatic heterocycles. The van der Waals surface area contributed by atoms with E-state index >= 15 is 0 Å². The van der Waals surface area contributed by atoms with Crippen LogP contribution in [0.5, 0.6) is 0 Å². The Kier molecular flexibility index (Phi) is 4.66. The van der Waals surface area contributed by atoms with Gasteiger partial charge in [0, 0.05) is 24.9 Å². The van der Waals surface area contributed by atoms with Crippen LogP contribution in [-0.4, -0.2) is 23.8 Å². The molecule has 0 saturated heterocycles.